The van der Waals surface area contributed by atoms with Crippen LogP contribution in [-0.2, 0) is 4.79 Å². The Balaban J connectivity index is 2.15. The van der Waals surface area contributed by atoms with Crippen molar-refractivity contribution in [1.29, 1.82) is 0 Å². The Hall–Kier alpha value is -3.23. The average molecular weight is 331 g/mol. The number of aromatic nitrogens is 1. The van der Waals surface area contributed by atoms with E-state index in [1.807, 2.05) is 0 Å². The summed E-state index contributed by atoms with van der Waals surface area (Å²) >= 11 is 0. The molecule has 0 bridgehead atoms. The minimum absolute atomic E-state index is 0.0365. The predicted molar refractivity (Wildman–Crippen MR) is 82.9 cm³/mol. The van der Waals surface area contributed by atoms with Crippen molar-refractivity contribution in [2.24, 2.45) is 0 Å². The van der Waals surface area contributed by atoms with Crippen LogP contribution >= 0.6 is 0 Å². The molecule has 0 unspecified atom stereocenters. The van der Waals surface area contributed by atoms with Gasteiger partial charge in [-0.3, -0.25) is 19.7 Å². The Morgan fingerprint density at radius 1 is 1.33 bits per heavy atom. The molecule has 1 fully saturated rings. The molecule has 2 N–H and O–H groups in total. The molecule has 0 spiro atoms. The molecule has 0 radical (unpaired) electrons. The number of likely N-dealkylation sites (tertiary alicyclic amines) is 1. The molecule has 1 amide bonds. The highest BCUT2D eigenvalue weighted by Crippen LogP contribution is 2.25. The quantitative estimate of drug-likeness (QED) is 0.639. The lowest BCUT2D eigenvalue weighted by Crippen LogP contribution is -2.40. The fraction of sp³-hybridized carbons (Fsp3) is 0.267. The largest absolute Gasteiger partial charge is 0.480 e. The molecule has 1 aromatic carbocycles. The molecule has 124 valence electrons. The van der Waals surface area contributed by atoms with Crippen LogP contribution in [0.1, 0.15) is 23.2 Å². The molecule has 2 heterocycles. The standard InChI is InChI=1S/C15H13N3O6/c19-13-7-10(14(20)17-5-1-2-12(17)15(21)22)9-6-8(18(23)24)3-4-11(9)16-13/h3-4,6-7,12H,1-2,5H2,(H,16,19)(H,21,22)/t12-/m1/s1. The highest BCUT2D eigenvalue weighted by atomic mass is 16.6. The number of carbonyl (C=O) groups is 2. The number of amides is 1. The lowest BCUT2D eigenvalue weighted by atomic mass is 10.1. The SMILES string of the molecule is O=C(O)[C@H]1CCCN1C(=O)c1cc(=O)[nH]c2ccc([N+](=O)[O-])cc12. The molecule has 24 heavy (non-hydrogen) atoms. The Labute approximate surface area is 134 Å². The molecule has 0 saturated carbocycles. The molecular weight excluding hydrogens is 318 g/mol. The molecule has 1 atom stereocenters. The maximum atomic E-state index is 12.7. The van der Waals surface area contributed by atoms with Gasteiger partial charge in [-0.05, 0) is 18.9 Å². The number of hydrogen-bond acceptors (Lipinski definition) is 5. The number of aliphatic carboxylic acids is 1. The van der Waals surface area contributed by atoms with Crippen molar-refractivity contribution in [3.05, 3.63) is 50.3 Å². The normalized spacial score (nSPS) is 17.2. The number of nitro benzene ring substituents is 1. The van der Waals surface area contributed by atoms with Crippen LogP contribution in [0.4, 0.5) is 5.69 Å². The van der Waals surface area contributed by atoms with Gasteiger partial charge in [0.2, 0.25) is 5.56 Å². The number of benzene rings is 1. The van der Waals surface area contributed by atoms with E-state index in [1.54, 1.807) is 0 Å². The van der Waals surface area contributed by atoms with Crippen LogP contribution in [0.5, 0.6) is 0 Å². The van der Waals surface area contributed by atoms with Crippen LogP contribution in [0, 0.1) is 10.1 Å². The highest BCUT2D eigenvalue weighted by Gasteiger charge is 2.35. The summed E-state index contributed by atoms with van der Waals surface area (Å²) in [6, 6.07) is 3.87. The Bertz CT molecular complexity index is 919. The van der Waals surface area contributed by atoms with Gasteiger partial charge in [-0.2, -0.15) is 0 Å². The molecule has 1 saturated heterocycles. The van der Waals surface area contributed by atoms with Crippen molar-refractivity contribution in [2.75, 3.05) is 6.54 Å². The fourth-order valence-electron chi connectivity index (χ4n) is 2.95. The van der Waals surface area contributed by atoms with Crippen molar-refractivity contribution in [3.8, 4) is 0 Å². The topological polar surface area (TPSA) is 134 Å². The van der Waals surface area contributed by atoms with Gasteiger partial charge in [0, 0.05) is 35.6 Å². The zero-order valence-electron chi connectivity index (χ0n) is 12.4. The minimum atomic E-state index is -1.11. The zero-order chi connectivity index (χ0) is 17.4. The van der Waals surface area contributed by atoms with E-state index in [4.69, 9.17) is 0 Å². The number of nitro groups is 1. The second kappa shape index (κ2) is 5.76. The van der Waals surface area contributed by atoms with Crippen LogP contribution in [0.15, 0.2) is 29.1 Å². The number of fused-ring (bicyclic) bond motifs is 1. The second-order valence-electron chi connectivity index (χ2n) is 5.53. The number of non-ortho nitro benzene ring substituents is 1. The summed E-state index contributed by atoms with van der Waals surface area (Å²) in [4.78, 5) is 49.8. The number of nitrogens with zero attached hydrogens (tertiary/aromatic N) is 2. The van der Waals surface area contributed by atoms with Crippen LogP contribution in [0.3, 0.4) is 0 Å². The molecular formula is C15H13N3O6. The number of rotatable bonds is 3. The summed E-state index contributed by atoms with van der Waals surface area (Å²) in [5.41, 5.74) is -0.515. The second-order valence-corrected chi connectivity index (χ2v) is 5.53. The average Bonchev–Trinajstić information content (AvgIpc) is 3.02. The predicted octanol–water partition coefficient (Wildman–Crippen LogP) is 1.13. The summed E-state index contributed by atoms with van der Waals surface area (Å²) in [6.07, 6.45) is 0.881. The van der Waals surface area contributed by atoms with E-state index in [-0.39, 0.29) is 28.7 Å². The van der Waals surface area contributed by atoms with Crippen molar-refractivity contribution >= 4 is 28.5 Å². The van der Waals surface area contributed by atoms with E-state index >= 15 is 0 Å². The van der Waals surface area contributed by atoms with Gasteiger partial charge in [0.15, 0.2) is 0 Å². The van der Waals surface area contributed by atoms with Gasteiger partial charge in [0.1, 0.15) is 6.04 Å². The molecule has 1 aliphatic heterocycles. The van der Waals surface area contributed by atoms with E-state index in [2.05, 4.69) is 4.98 Å². The highest BCUT2D eigenvalue weighted by molar-refractivity contribution is 6.07. The van der Waals surface area contributed by atoms with Crippen molar-refractivity contribution in [3.63, 3.8) is 0 Å². The molecule has 1 aliphatic rings. The smallest absolute Gasteiger partial charge is 0.326 e. The summed E-state index contributed by atoms with van der Waals surface area (Å²) in [6.45, 7) is 0.263. The first kappa shape index (κ1) is 15.7. The first-order valence-corrected chi connectivity index (χ1v) is 7.24. The van der Waals surface area contributed by atoms with Crippen LogP contribution in [0.25, 0.3) is 10.9 Å². The molecule has 3 rings (SSSR count). The van der Waals surface area contributed by atoms with Crippen molar-refractivity contribution in [1.82, 2.24) is 9.88 Å². The Morgan fingerprint density at radius 3 is 2.75 bits per heavy atom. The summed E-state index contributed by atoms with van der Waals surface area (Å²) < 4.78 is 0. The molecule has 2 aromatic rings. The lowest BCUT2D eigenvalue weighted by molar-refractivity contribution is -0.384. The zero-order valence-corrected chi connectivity index (χ0v) is 12.4. The number of pyridine rings is 1. The van der Waals surface area contributed by atoms with Gasteiger partial charge in [0.25, 0.3) is 11.6 Å². The van der Waals surface area contributed by atoms with Crippen LogP contribution in [0.2, 0.25) is 0 Å². The third-order valence-electron chi connectivity index (χ3n) is 4.07. The van der Waals surface area contributed by atoms with Gasteiger partial charge in [-0.25, -0.2) is 4.79 Å². The molecule has 0 aliphatic carbocycles. The first-order chi connectivity index (χ1) is 11.4. The first-order valence-electron chi connectivity index (χ1n) is 7.24. The maximum absolute atomic E-state index is 12.7. The number of carboxylic acids is 1. The summed E-state index contributed by atoms with van der Waals surface area (Å²) in [7, 11) is 0. The molecule has 1 aromatic heterocycles. The molecule has 9 nitrogen and oxygen atoms in total. The monoisotopic (exact) mass is 331 g/mol. The third-order valence-corrected chi connectivity index (χ3v) is 4.07. The minimum Gasteiger partial charge on any atom is -0.480 e. The Morgan fingerprint density at radius 2 is 2.08 bits per heavy atom. The van der Waals surface area contributed by atoms with Gasteiger partial charge in [0.05, 0.1) is 10.5 Å². The fourth-order valence-corrected chi connectivity index (χ4v) is 2.95. The number of H-pyrrole nitrogens is 1. The van der Waals surface area contributed by atoms with E-state index in [0.717, 1.165) is 6.07 Å². The maximum Gasteiger partial charge on any atom is 0.326 e. The third kappa shape index (κ3) is 2.60. The number of nitrogens with one attached hydrogen (secondary N) is 1. The van der Waals surface area contributed by atoms with Gasteiger partial charge in [-0.15, -0.1) is 0 Å². The van der Waals surface area contributed by atoms with Crippen LogP contribution < -0.4 is 5.56 Å². The number of carboxylic acid groups (broad SMARTS) is 1. The van der Waals surface area contributed by atoms with Gasteiger partial charge in [-0.1, -0.05) is 0 Å². The molecule has 9 heteroatoms. The van der Waals surface area contributed by atoms with Gasteiger partial charge < -0.3 is 15.0 Å². The van der Waals surface area contributed by atoms with Gasteiger partial charge >= 0.3 is 5.97 Å². The number of hydrogen-bond donors (Lipinski definition) is 2. The lowest BCUT2D eigenvalue weighted by Gasteiger charge is -2.22. The van der Waals surface area contributed by atoms with E-state index in [9.17, 15) is 29.6 Å². The number of aromatic amines is 1. The van der Waals surface area contributed by atoms with E-state index in [1.165, 1.54) is 23.1 Å². The Kier molecular flexibility index (Phi) is 3.76. The number of carbonyl (C=O) groups excluding carboxylic acids is 1. The van der Waals surface area contributed by atoms with Crippen molar-refractivity contribution < 1.29 is 19.6 Å². The van der Waals surface area contributed by atoms with E-state index in [0.29, 0.717) is 12.8 Å². The summed E-state index contributed by atoms with van der Waals surface area (Å²) in [5.74, 6) is -1.72. The van der Waals surface area contributed by atoms with Crippen LogP contribution in [-0.4, -0.2) is 44.4 Å². The van der Waals surface area contributed by atoms with Crippen molar-refractivity contribution in [2.45, 2.75) is 18.9 Å². The summed E-state index contributed by atoms with van der Waals surface area (Å²) in [5, 5.41) is 20.4. The van der Waals surface area contributed by atoms with E-state index < -0.39 is 28.4 Å².